The van der Waals surface area contributed by atoms with Gasteiger partial charge in [0.05, 0.1) is 10.1 Å². The van der Waals surface area contributed by atoms with E-state index in [4.69, 9.17) is 0 Å². The predicted octanol–water partition coefficient (Wildman–Crippen LogP) is 4.12. The van der Waals surface area contributed by atoms with Crippen molar-refractivity contribution in [2.24, 2.45) is 0 Å². The highest BCUT2D eigenvalue weighted by Crippen LogP contribution is 2.30. The molecule has 0 bridgehead atoms. The van der Waals surface area contributed by atoms with Crippen LogP contribution in [0.25, 0.3) is 6.08 Å². The minimum Gasteiger partial charge on any atom is -0.323 e. The number of hydrogen-bond donors (Lipinski definition) is 1. The van der Waals surface area contributed by atoms with Crippen molar-refractivity contribution in [3.63, 3.8) is 0 Å². The smallest absolute Gasteiger partial charge is 0.248 e. The van der Waals surface area contributed by atoms with Gasteiger partial charge in [0.1, 0.15) is 0 Å². The second kappa shape index (κ2) is 7.32. The van der Waals surface area contributed by atoms with Crippen molar-refractivity contribution in [1.29, 1.82) is 0 Å². The third-order valence-corrected chi connectivity index (χ3v) is 7.14. The number of hydrogen-bond acceptors (Lipinski definition) is 4. The largest absolute Gasteiger partial charge is 0.323 e. The normalized spacial score (nSPS) is 15.8. The lowest BCUT2D eigenvalue weighted by atomic mass is 10.3. The topological polar surface area (TPSA) is 63.2 Å². The molecule has 1 aromatic heterocycles. The summed E-state index contributed by atoms with van der Waals surface area (Å²) >= 11 is 1.57. The Bertz CT molecular complexity index is 816. The van der Waals surface area contributed by atoms with Crippen LogP contribution < -0.4 is 5.32 Å². The first kappa shape index (κ1) is 16.9. The summed E-state index contributed by atoms with van der Waals surface area (Å²) in [4.78, 5) is 12.2. The summed E-state index contributed by atoms with van der Waals surface area (Å²) in [7, 11) is -3.25. The fourth-order valence-electron chi connectivity index (χ4n) is 2.84. The summed E-state index contributed by atoms with van der Waals surface area (Å²) in [6, 6.07) is 8.35. The Kier molecular flexibility index (Phi) is 5.16. The number of anilines is 1. The number of carbonyl (C=O) groups excluding carboxylic acids is 1. The average molecular weight is 361 g/mol. The molecule has 4 nitrogen and oxygen atoms in total. The molecule has 1 heterocycles. The quantitative estimate of drug-likeness (QED) is 0.815. The van der Waals surface area contributed by atoms with E-state index in [1.54, 1.807) is 41.7 Å². The van der Waals surface area contributed by atoms with Crippen LogP contribution in [0.1, 0.15) is 31.2 Å². The lowest BCUT2D eigenvalue weighted by molar-refractivity contribution is -0.111. The molecule has 1 fully saturated rings. The van der Waals surface area contributed by atoms with Crippen molar-refractivity contribution in [1.82, 2.24) is 0 Å². The highest BCUT2D eigenvalue weighted by atomic mass is 32.2. The predicted molar refractivity (Wildman–Crippen MR) is 97.9 cm³/mol. The lowest BCUT2D eigenvalue weighted by Crippen LogP contribution is -2.17. The zero-order chi connectivity index (χ0) is 17.0. The molecule has 0 atom stereocenters. The molecule has 0 saturated heterocycles. The first-order valence-electron chi connectivity index (χ1n) is 7.91. The zero-order valence-corrected chi connectivity index (χ0v) is 14.8. The van der Waals surface area contributed by atoms with Crippen molar-refractivity contribution < 1.29 is 13.2 Å². The standard InChI is InChI=1S/C18H19NO3S2/c20-18(10-5-14-11-12-23-13-14)19-15-6-8-17(9-7-15)24(21,22)16-3-1-2-4-16/h5-13,16H,1-4H2,(H,19,20)/b10-5+. The van der Waals surface area contributed by atoms with Crippen LogP contribution in [-0.2, 0) is 14.6 Å². The summed E-state index contributed by atoms with van der Waals surface area (Å²) in [5.41, 5.74) is 1.56. The van der Waals surface area contributed by atoms with Crippen LogP contribution in [0.5, 0.6) is 0 Å². The van der Waals surface area contributed by atoms with E-state index in [1.807, 2.05) is 16.8 Å². The Labute approximate surface area is 146 Å². The number of sulfone groups is 1. The van der Waals surface area contributed by atoms with Crippen LogP contribution in [0.4, 0.5) is 5.69 Å². The maximum atomic E-state index is 12.5. The molecule has 6 heteroatoms. The second-order valence-electron chi connectivity index (χ2n) is 5.86. The minimum atomic E-state index is -3.25. The Hall–Kier alpha value is -1.92. The van der Waals surface area contributed by atoms with Crippen molar-refractivity contribution in [2.45, 2.75) is 35.8 Å². The summed E-state index contributed by atoms with van der Waals surface area (Å²) in [5, 5.41) is 6.37. The molecule has 1 aliphatic rings. The van der Waals surface area contributed by atoms with E-state index >= 15 is 0 Å². The SMILES string of the molecule is O=C(/C=C/c1ccsc1)Nc1ccc(S(=O)(=O)C2CCCC2)cc1. The third-order valence-electron chi connectivity index (χ3n) is 4.16. The molecule has 126 valence electrons. The Morgan fingerprint density at radius 1 is 1.12 bits per heavy atom. The molecular weight excluding hydrogens is 342 g/mol. The van der Waals surface area contributed by atoms with Crippen LogP contribution in [0.15, 0.2) is 52.1 Å². The van der Waals surface area contributed by atoms with Gasteiger partial charge in [0.2, 0.25) is 5.91 Å². The molecule has 1 aromatic carbocycles. The highest BCUT2D eigenvalue weighted by Gasteiger charge is 2.30. The number of carbonyl (C=O) groups is 1. The average Bonchev–Trinajstić information content (AvgIpc) is 3.27. The fourth-order valence-corrected chi connectivity index (χ4v) is 5.33. The lowest BCUT2D eigenvalue weighted by Gasteiger charge is -2.11. The second-order valence-corrected chi connectivity index (χ2v) is 8.86. The van der Waals surface area contributed by atoms with E-state index in [-0.39, 0.29) is 11.2 Å². The van der Waals surface area contributed by atoms with Crippen LogP contribution in [0.3, 0.4) is 0 Å². The molecule has 24 heavy (non-hydrogen) atoms. The van der Waals surface area contributed by atoms with Crippen molar-refractivity contribution in [2.75, 3.05) is 5.32 Å². The Morgan fingerprint density at radius 2 is 1.83 bits per heavy atom. The van der Waals surface area contributed by atoms with Gasteiger partial charge in [0, 0.05) is 11.8 Å². The van der Waals surface area contributed by atoms with Crippen molar-refractivity contribution in [3.05, 3.63) is 52.7 Å². The fraction of sp³-hybridized carbons (Fsp3) is 0.278. The molecule has 0 radical (unpaired) electrons. The maximum absolute atomic E-state index is 12.5. The molecule has 0 aliphatic heterocycles. The molecular formula is C18H19NO3S2. The summed E-state index contributed by atoms with van der Waals surface area (Å²) < 4.78 is 25.0. The van der Waals surface area contributed by atoms with Gasteiger partial charge in [-0.05, 0) is 65.6 Å². The van der Waals surface area contributed by atoms with Gasteiger partial charge in [-0.2, -0.15) is 11.3 Å². The molecule has 0 spiro atoms. The van der Waals surface area contributed by atoms with E-state index < -0.39 is 9.84 Å². The van der Waals surface area contributed by atoms with E-state index in [2.05, 4.69) is 5.32 Å². The van der Waals surface area contributed by atoms with Crippen LogP contribution in [0, 0.1) is 0 Å². The van der Waals surface area contributed by atoms with Crippen molar-refractivity contribution in [3.8, 4) is 0 Å². The third kappa shape index (κ3) is 3.94. The molecule has 3 rings (SSSR count). The molecule has 1 N–H and O–H groups in total. The number of amides is 1. The van der Waals surface area contributed by atoms with E-state index in [1.165, 1.54) is 6.08 Å². The van der Waals surface area contributed by atoms with Crippen LogP contribution >= 0.6 is 11.3 Å². The van der Waals surface area contributed by atoms with E-state index in [9.17, 15) is 13.2 Å². The summed E-state index contributed by atoms with van der Waals surface area (Å²) in [5.74, 6) is -0.243. The first-order chi connectivity index (χ1) is 11.6. The summed E-state index contributed by atoms with van der Waals surface area (Å²) in [6.45, 7) is 0. The van der Waals surface area contributed by atoms with Gasteiger partial charge in [-0.25, -0.2) is 8.42 Å². The summed E-state index contributed by atoms with van der Waals surface area (Å²) in [6.07, 6.45) is 6.65. The van der Waals surface area contributed by atoms with Gasteiger partial charge in [0.15, 0.2) is 9.84 Å². The van der Waals surface area contributed by atoms with Crippen LogP contribution in [-0.4, -0.2) is 19.6 Å². The van der Waals surface area contributed by atoms with E-state index in [0.717, 1.165) is 31.2 Å². The van der Waals surface area contributed by atoms with Crippen LogP contribution in [0.2, 0.25) is 0 Å². The van der Waals surface area contributed by atoms with Gasteiger partial charge in [-0.15, -0.1) is 0 Å². The Morgan fingerprint density at radius 3 is 2.46 bits per heavy atom. The molecule has 2 aromatic rings. The number of benzene rings is 1. The van der Waals surface area contributed by atoms with Gasteiger partial charge < -0.3 is 5.32 Å². The molecule has 0 unspecified atom stereocenters. The zero-order valence-electron chi connectivity index (χ0n) is 13.1. The van der Waals surface area contributed by atoms with Gasteiger partial charge in [0.25, 0.3) is 0 Å². The molecule has 1 saturated carbocycles. The first-order valence-corrected chi connectivity index (χ1v) is 10.4. The number of nitrogens with one attached hydrogen (secondary N) is 1. The molecule has 1 amide bonds. The number of thiophene rings is 1. The molecule has 1 aliphatic carbocycles. The Balaban J connectivity index is 1.65. The van der Waals surface area contributed by atoms with Gasteiger partial charge >= 0.3 is 0 Å². The number of rotatable bonds is 5. The van der Waals surface area contributed by atoms with Gasteiger partial charge in [-0.1, -0.05) is 12.8 Å². The van der Waals surface area contributed by atoms with E-state index in [0.29, 0.717) is 10.6 Å². The highest BCUT2D eigenvalue weighted by molar-refractivity contribution is 7.92. The monoisotopic (exact) mass is 361 g/mol. The maximum Gasteiger partial charge on any atom is 0.248 e. The minimum absolute atomic E-state index is 0.243. The van der Waals surface area contributed by atoms with Crippen molar-refractivity contribution >= 4 is 38.8 Å². The van der Waals surface area contributed by atoms with Gasteiger partial charge in [-0.3, -0.25) is 4.79 Å².